The molecule has 1 amide bonds. The number of hydrogen-bond donors (Lipinski definition) is 2. The van der Waals surface area contributed by atoms with Crippen molar-refractivity contribution in [1.29, 1.82) is 0 Å². The van der Waals surface area contributed by atoms with Gasteiger partial charge in [0.2, 0.25) is 0 Å². The standard InChI is InChI=1S/C16H12Cl2N2O5/c17-10-4-5-12(13(18)7-10)16(23)19-14(8-15(21)22)9-2-1-3-11(6-9)20(24)25/h1-7,14H,8H2,(H,19,23)(H,21,22)/t14-/m0/s1. The number of hydrogen-bond acceptors (Lipinski definition) is 4. The van der Waals surface area contributed by atoms with E-state index in [4.69, 9.17) is 28.3 Å². The van der Waals surface area contributed by atoms with Crippen molar-refractivity contribution in [2.24, 2.45) is 0 Å². The Kier molecular flexibility index (Phi) is 5.95. The highest BCUT2D eigenvalue weighted by atomic mass is 35.5. The van der Waals surface area contributed by atoms with Gasteiger partial charge in [-0.15, -0.1) is 0 Å². The van der Waals surface area contributed by atoms with Crippen LogP contribution in [0.3, 0.4) is 0 Å². The van der Waals surface area contributed by atoms with Gasteiger partial charge in [-0.05, 0) is 23.8 Å². The molecule has 0 aliphatic heterocycles. The summed E-state index contributed by atoms with van der Waals surface area (Å²) >= 11 is 11.8. The molecule has 2 rings (SSSR count). The fourth-order valence-corrected chi connectivity index (χ4v) is 2.69. The SMILES string of the molecule is O=C(O)C[C@H](NC(=O)c1ccc(Cl)cc1Cl)c1cccc([N+](=O)[O-])c1. The highest BCUT2D eigenvalue weighted by Crippen LogP contribution is 2.25. The summed E-state index contributed by atoms with van der Waals surface area (Å²) in [6.45, 7) is 0. The molecule has 2 aromatic carbocycles. The van der Waals surface area contributed by atoms with Crippen LogP contribution in [0.1, 0.15) is 28.4 Å². The van der Waals surface area contributed by atoms with Gasteiger partial charge in [0, 0.05) is 17.2 Å². The topological polar surface area (TPSA) is 110 Å². The van der Waals surface area contributed by atoms with E-state index in [1.807, 2.05) is 0 Å². The maximum absolute atomic E-state index is 12.4. The van der Waals surface area contributed by atoms with E-state index >= 15 is 0 Å². The Bertz CT molecular complexity index is 841. The minimum Gasteiger partial charge on any atom is -0.481 e. The van der Waals surface area contributed by atoms with Gasteiger partial charge < -0.3 is 10.4 Å². The molecule has 1 atom stereocenters. The van der Waals surface area contributed by atoms with E-state index in [2.05, 4.69) is 5.32 Å². The van der Waals surface area contributed by atoms with Gasteiger partial charge in [-0.25, -0.2) is 0 Å². The molecule has 9 heteroatoms. The number of amides is 1. The van der Waals surface area contributed by atoms with E-state index in [9.17, 15) is 19.7 Å². The van der Waals surface area contributed by atoms with E-state index in [0.717, 1.165) is 0 Å². The third kappa shape index (κ3) is 4.91. The van der Waals surface area contributed by atoms with Crippen LogP contribution < -0.4 is 5.32 Å². The van der Waals surface area contributed by atoms with E-state index in [0.29, 0.717) is 10.6 Å². The molecule has 0 saturated heterocycles. The Labute approximate surface area is 152 Å². The molecular weight excluding hydrogens is 371 g/mol. The van der Waals surface area contributed by atoms with E-state index in [-0.39, 0.29) is 16.3 Å². The molecular formula is C16H12Cl2N2O5. The Morgan fingerprint density at radius 1 is 1.20 bits per heavy atom. The van der Waals surface area contributed by atoms with Crippen molar-refractivity contribution in [1.82, 2.24) is 5.32 Å². The first-order valence-corrected chi connectivity index (χ1v) is 7.75. The lowest BCUT2D eigenvalue weighted by Gasteiger charge is -2.18. The van der Waals surface area contributed by atoms with Crippen molar-refractivity contribution in [2.75, 3.05) is 0 Å². The van der Waals surface area contributed by atoms with Crippen LogP contribution in [-0.4, -0.2) is 21.9 Å². The lowest BCUT2D eigenvalue weighted by molar-refractivity contribution is -0.384. The summed E-state index contributed by atoms with van der Waals surface area (Å²) in [6, 6.07) is 8.73. The number of carboxylic acid groups (broad SMARTS) is 1. The van der Waals surface area contributed by atoms with Crippen molar-refractivity contribution >= 4 is 40.8 Å². The summed E-state index contributed by atoms with van der Waals surface area (Å²) in [6.07, 6.45) is -0.446. The van der Waals surface area contributed by atoms with Gasteiger partial charge in [0.15, 0.2) is 0 Å². The number of aliphatic carboxylic acids is 1. The number of nitrogens with one attached hydrogen (secondary N) is 1. The normalized spacial score (nSPS) is 11.6. The molecule has 0 radical (unpaired) electrons. The van der Waals surface area contributed by atoms with Gasteiger partial charge in [-0.2, -0.15) is 0 Å². The molecule has 0 saturated carbocycles. The molecule has 0 bridgehead atoms. The fraction of sp³-hybridized carbons (Fsp3) is 0.125. The summed E-state index contributed by atoms with van der Waals surface area (Å²) in [5, 5.41) is 23.0. The summed E-state index contributed by atoms with van der Waals surface area (Å²) in [5.74, 6) is -1.78. The average molecular weight is 383 g/mol. The Morgan fingerprint density at radius 2 is 1.92 bits per heavy atom. The number of nitro groups is 1. The molecule has 0 aliphatic rings. The van der Waals surface area contributed by atoms with Gasteiger partial charge in [-0.3, -0.25) is 19.7 Å². The highest BCUT2D eigenvalue weighted by Gasteiger charge is 2.22. The predicted molar refractivity (Wildman–Crippen MR) is 92.0 cm³/mol. The first-order chi connectivity index (χ1) is 11.8. The number of nitro benzene ring substituents is 1. The molecule has 130 valence electrons. The van der Waals surface area contributed by atoms with Gasteiger partial charge in [0.05, 0.1) is 28.0 Å². The lowest BCUT2D eigenvalue weighted by atomic mass is 10.0. The second-order valence-corrected chi connectivity index (χ2v) is 5.94. The van der Waals surface area contributed by atoms with E-state index in [1.165, 1.54) is 42.5 Å². The van der Waals surface area contributed by atoms with Gasteiger partial charge in [0.25, 0.3) is 11.6 Å². The minimum absolute atomic E-state index is 0.109. The molecule has 0 aliphatic carbocycles. The number of carbonyl (C=O) groups excluding carboxylic acids is 1. The van der Waals surface area contributed by atoms with Crippen LogP contribution in [0.2, 0.25) is 10.0 Å². The maximum Gasteiger partial charge on any atom is 0.305 e. The van der Waals surface area contributed by atoms with E-state index in [1.54, 1.807) is 0 Å². The molecule has 7 nitrogen and oxygen atoms in total. The Morgan fingerprint density at radius 3 is 2.52 bits per heavy atom. The molecule has 0 unspecified atom stereocenters. The third-order valence-corrected chi connectivity index (χ3v) is 3.89. The second-order valence-electron chi connectivity index (χ2n) is 5.10. The number of carboxylic acids is 1. The quantitative estimate of drug-likeness (QED) is 0.582. The van der Waals surface area contributed by atoms with Crippen molar-refractivity contribution in [3.63, 3.8) is 0 Å². The van der Waals surface area contributed by atoms with E-state index < -0.39 is 29.3 Å². The zero-order valence-corrected chi connectivity index (χ0v) is 14.1. The third-order valence-electron chi connectivity index (χ3n) is 3.34. The number of rotatable bonds is 6. The smallest absolute Gasteiger partial charge is 0.305 e. The summed E-state index contributed by atoms with van der Waals surface area (Å²) in [5.41, 5.74) is 0.216. The summed E-state index contributed by atoms with van der Waals surface area (Å²) in [4.78, 5) is 33.8. The van der Waals surface area contributed by atoms with Crippen LogP contribution in [0.25, 0.3) is 0 Å². The Hall–Kier alpha value is -2.64. The number of nitrogens with zero attached hydrogens (tertiary/aromatic N) is 1. The maximum atomic E-state index is 12.4. The van der Waals surface area contributed by atoms with Gasteiger partial charge >= 0.3 is 5.97 Å². The number of benzene rings is 2. The number of carbonyl (C=O) groups is 2. The molecule has 25 heavy (non-hydrogen) atoms. The van der Waals surface area contributed by atoms with Crippen LogP contribution in [0.5, 0.6) is 0 Å². The van der Waals surface area contributed by atoms with Crippen molar-refractivity contribution in [2.45, 2.75) is 12.5 Å². The Balaban J connectivity index is 2.31. The zero-order chi connectivity index (χ0) is 18.6. The number of non-ortho nitro benzene ring substituents is 1. The number of halogens is 2. The van der Waals surface area contributed by atoms with Crippen LogP contribution in [-0.2, 0) is 4.79 Å². The molecule has 2 N–H and O–H groups in total. The molecule has 0 aromatic heterocycles. The molecule has 0 heterocycles. The zero-order valence-electron chi connectivity index (χ0n) is 12.6. The summed E-state index contributed by atoms with van der Waals surface area (Å²) in [7, 11) is 0. The average Bonchev–Trinajstić information content (AvgIpc) is 2.53. The largest absolute Gasteiger partial charge is 0.481 e. The van der Waals surface area contributed by atoms with Crippen molar-refractivity contribution in [3.8, 4) is 0 Å². The van der Waals surface area contributed by atoms with Gasteiger partial charge in [0.1, 0.15) is 0 Å². The highest BCUT2D eigenvalue weighted by molar-refractivity contribution is 6.36. The first kappa shape index (κ1) is 18.7. The first-order valence-electron chi connectivity index (χ1n) is 7.00. The lowest BCUT2D eigenvalue weighted by Crippen LogP contribution is -2.30. The van der Waals surface area contributed by atoms with Crippen LogP contribution in [0.15, 0.2) is 42.5 Å². The minimum atomic E-state index is -1.17. The van der Waals surface area contributed by atoms with Crippen LogP contribution >= 0.6 is 23.2 Å². The predicted octanol–water partition coefficient (Wildman–Crippen LogP) is 3.85. The van der Waals surface area contributed by atoms with Gasteiger partial charge in [-0.1, -0.05) is 35.3 Å². The van der Waals surface area contributed by atoms with Crippen molar-refractivity contribution < 1.29 is 19.6 Å². The monoisotopic (exact) mass is 382 g/mol. The molecule has 2 aromatic rings. The fourth-order valence-electron chi connectivity index (χ4n) is 2.19. The van der Waals surface area contributed by atoms with Crippen LogP contribution in [0.4, 0.5) is 5.69 Å². The second kappa shape index (κ2) is 7.96. The molecule has 0 fully saturated rings. The van der Waals surface area contributed by atoms with Crippen molar-refractivity contribution in [3.05, 3.63) is 73.8 Å². The molecule has 0 spiro atoms. The summed E-state index contributed by atoms with van der Waals surface area (Å²) < 4.78 is 0. The van der Waals surface area contributed by atoms with Crippen LogP contribution in [0, 0.1) is 10.1 Å².